The molecule has 0 unspecified atom stereocenters. The Morgan fingerprint density at radius 3 is 2.27 bits per heavy atom. The highest BCUT2D eigenvalue weighted by Gasteiger charge is 2.15. The van der Waals surface area contributed by atoms with Crippen molar-refractivity contribution in [1.82, 2.24) is 5.32 Å². The third kappa shape index (κ3) is 5.58. The summed E-state index contributed by atoms with van der Waals surface area (Å²) in [6.45, 7) is 4.23. The first kappa shape index (κ1) is 21.3. The molecule has 0 spiro atoms. The van der Waals surface area contributed by atoms with Gasteiger partial charge < -0.3 is 15.4 Å². The average Bonchev–Trinajstić information content (AvgIpc) is 3.26. The fourth-order valence-electron chi connectivity index (χ4n) is 2.76. The molecular formula is C24H24N2O3S. The van der Waals surface area contributed by atoms with E-state index in [1.54, 1.807) is 37.5 Å². The van der Waals surface area contributed by atoms with E-state index < -0.39 is 0 Å². The Morgan fingerprint density at radius 1 is 1.00 bits per heavy atom. The molecule has 0 aliphatic rings. The zero-order valence-corrected chi connectivity index (χ0v) is 18.0. The van der Waals surface area contributed by atoms with Gasteiger partial charge in [0.15, 0.2) is 0 Å². The summed E-state index contributed by atoms with van der Waals surface area (Å²) >= 11 is 1.48. The molecule has 0 saturated heterocycles. The number of anilines is 1. The molecule has 2 amide bonds. The SMILES string of the molecule is COc1ccc(C(=O)N/C(=C\c2cccs2)C(=O)Nc2ccc(C(C)C)cc2)cc1. The van der Waals surface area contributed by atoms with Crippen LogP contribution in [-0.2, 0) is 4.79 Å². The number of carbonyl (C=O) groups is 2. The maximum absolute atomic E-state index is 12.9. The number of hydrogen-bond donors (Lipinski definition) is 2. The van der Waals surface area contributed by atoms with Gasteiger partial charge in [0.25, 0.3) is 11.8 Å². The lowest BCUT2D eigenvalue weighted by Gasteiger charge is -2.12. The molecular weight excluding hydrogens is 396 g/mol. The van der Waals surface area contributed by atoms with Crippen molar-refractivity contribution in [3.8, 4) is 5.75 Å². The van der Waals surface area contributed by atoms with Crippen LogP contribution in [-0.4, -0.2) is 18.9 Å². The van der Waals surface area contributed by atoms with Crippen LogP contribution in [0.25, 0.3) is 6.08 Å². The highest BCUT2D eigenvalue weighted by Crippen LogP contribution is 2.19. The van der Waals surface area contributed by atoms with E-state index in [1.807, 2.05) is 41.8 Å². The molecule has 3 aromatic rings. The first-order chi connectivity index (χ1) is 14.5. The summed E-state index contributed by atoms with van der Waals surface area (Å²) < 4.78 is 5.12. The van der Waals surface area contributed by atoms with Gasteiger partial charge in [0, 0.05) is 16.1 Å². The molecule has 0 fully saturated rings. The molecule has 2 aromatic carbocycles. The average molecular weight is 421 g/mol. The largest absolute Gasteiger partial charge is 0.497 e. The van der Waals surface area contributed by atoms with Gasteiger partial charge in [0.1, 0.15) is 11.4 Å². The van der Waals surface area contributed by atoms with Crippen LogP contribution >= 0.6 is 11.3 Å². The number of hydrogen-bond acceptors (Lipinski definition) is 4. The van der Waals surface area contributed by atoms with Crippen molar-refractivity contribution in [2.75, 3.05) is 12.4 Å². The van der Waals surface area contributed by atoms with E-state index in [9.17, 15) is 9.59 Å². The van der Waals surface area contributed by atoms with E-state index in [1.165, 1.54) is 16.9 Å². The second kappa shape index (κ2) is 9.89. The van der Waals surface area contributed by atoms with Gasteiger partial charge in [-0.05, 0) is 65.4 Å². The highest BCUT2D eigenvalue weighted by atomic mass is 32.1. The molecule has 2 N–H and O–H groups in total. The van der Waals surface area contributed by atoms with Crippen LogP contribution in [0.2, 0.25) is 0 Å². The first-order valence-corrected chi connectivity index (χ1v) is 10.5. The minimum absolute atomic E-state index is 0.172. The topological polar surface area (TPSA) is 67.4 Å². The van der Waals surface area contributed by atoms with E-state index in [4.69, 9.17) is 4.74 Å². The molecule has 0 atom stereocenters. The molecule has 1 aromatic heterocycles. The van der Waals surface area contributed by atoms with Gasteiger partial charge in [-0.3, -0.25) is 9.59 Å². The molecule has 0 saturated carbocycles. The number of carbonyl (C=O) groups excluding carboxylic acids is 2. The number of nitrogens with one attached hydrogen (secondary N) is 2. The van der Waals surface area contributed by atoms with Crippen molar-refractivity contribution in [2.24, 2.45) is 0 Å². The van der Waals surface area contributed by atoms with Crippen molar-refractivity contribution in [2.45, 2.75) is 19.8 Å². The molecule has 30 heavy (non-hydrogen) atoms. The van der Waals surface area contributed by atoms with E-state index in [2.05, 4.69) is 24.5 Å². The van der Waals surface area contributed by atoms with E-state index in [0.29, 0.717) is 22.9 Å². The number of rotatable bonds is 7. The second-order valence-electron chi connectivity index (χ2n) is 6.99. The Bertz CT molecular complexity index is 1020. The quantitative estimate of drug-likeness (QED) is 0.510. The van der Waals surface area contributed by atoms with Gasteiger partial charge in [-0.2, -0.15) is 0 Å². The van der Waals surface area contributed by atoms with Crippen molar-refractivity contribution in [3.63, 3.8) is 0 Å². The molecule has 0 bridgehead atoms. The summed E-state index contributed by atoms with van der Waals surface area (Å²) in [6, 6.07) is 18.2. The van der Waals surface area contributed by atoms with Crippen molar-refractivity contribution < 1.29 is 14.3 Å². The smallest absolute Gasteiger partial charge is 0.272 e. The lowest BCUT2D eigenvalue weighted by Crippen LogP contribution is -2.30. The predicted octanol–water partition coefficient (Wildman–Crippen LogP) is 5.29. The van der Waals surface area contributed by atoms with Crippen LogP contribution in [0.1, 0.15) is 40.6 Å². The molecule has 6 heteroatoms. The summed E-state index contributed by atoms with van der Waals surface area (Å²) in [5.41, 5.74) is 2.46. The van der Waals surface area contributed by atoms with Crippen LogP contribution in [0.15, 0.2) is 71.7 Å². The number of benzene rings is 2. The van der Waals surface area contributed by atoms with Crippen molar-refractivity contribution in [3.05, 3.63) is 87.7 Å². The Morgan fingerprint density at radius 2 is 1.70 bits per heavy atom. The van der Waals surface area contributed by atoms with Gasteiger partial charge >= 0.3 is 0 Å². The Labute approximate surface area is 180 Å². The number of ether oxygens (including phenoxy) is 1. The molecule has 1 heterocycles. The zero-order chi connectivity index (χ0) is 21.5. The standard InChI is InChI=1S/C24H24N2O3S/c1-16(2)17-6-10-19(11-7-17)25-24(28)22(15-21-5-4-14-30-21)26-23(27)18-8-12-20(29-3)13-9-18/h4-16H,1-3H3,(H,25,28)(H,26,27)/b22-15-. The van der Waals surface area contributed by atoms with Crippen LogP contribution in [0, 0.1) is 0 Å². The van der Waals surface area contributed by atoms with Crippen LogP contribution < -0.4 is 15.4 Å². The van der Waals surface area contributed by atoms with Crippen LogP contribution in [0.3, 0.4) is 0 Å². The van der Waals surface area contributed by atoms with E-state index in [0.717, 1.165) is 4.88 Å². The Hall–Kier alpha value is -3.38. The normalized spacial score (nSPS) is 11.3. The molecule has 0 aliphatic heterocycles. The second-order valence-corrected chi connectivity index (χ2v) is 7.97. The first-order valence-electron chi connectivity index (χ1n) is 9.58. The highest BCUT2D eigenvalue weighted by molar-refractivity contribution is 7.10. The number of methoxy groups -OCH3 is 1. The predicted molar refractivity (Wildman–Crippen MR) is 122 cm³/mol. The van der Waals surface area contributed by atoms with E-state index >= 15 is 0 Å². The van der Waals surface area contributed by atoms with Gasteiger partial charge in [-0.15, -0.1) is 11.3 Å². The minimum Gasteiger partial charge on any atom is -0.497 e. The Kier molecular flexibility index (Phi) is 7.03. The molecule has 154 valence electrons. The fraction of sp³-hybridized carbons (Fsp3) is 0.167. The third-order valence-corrected chi connectivity index (χ3v) is 5.33. The maximum Gasteiger partial charge on any atom is 0.272 e. The van der Waals surface area contributed by atoms with Gasteiger partial charge in [-0.25, -0.2) is 0 Å². The molecule has 0 radical (unpaired) electrons. The minimum atomic E-state index is -0.387. The Balaban J connectivity index is 1.79. The third-order valence-electron chi connectivity index (χ3n) is 4.51. The van der Waals surface area contributed by atoms with Crippen molar-refractivity contribution >= 4 is 34.9 Å². The molecule has 5 nitrogen and oxygen atoms in total. The maximum atomic E-state index is 12.9. The fourth-order valence-corrected chi connectivity index (χ4v) is 3.42. The van der Waals surface area contributed by atoms with Crippen LogP contribution in [0.5, 0.6) is 5.75 Å². The summed E-state index contributed by atoms with van der Waals surface area (Å²) in [5, 5.41) is 7.51. The van der Waals surface area contributed by atoms with Gasteiger partial charge in [0.2, 0.25) is 0 Å². The lowest BCUT2D eigenvalue weighted by atomic mass is 10.0. The lowest BCUT2D eigenvalue weighted by molar-refractivity contribution is -0.113. The molecule has 0 aliphatic carbocycles. The molecule has 3 rings (SSSR count). The summed E-state index contributed by atoms with van der Waals surface area (Å²) in [4.78, 5) is 26.5. The summed E-state index contributed by atoms with van der Waals surface area (Å²) in [5.74, 6) is 0.310. The number of thiophene rings is 1. The summed E-state index contributed by atoms with van der Waals surface area (Å²) in [6.07, 6.45) is 1.67. The van der Waals surface area contributed by atoms with E-state index in [-0.39, 0.29) is 17.5 Å². The summed E-state index contributed by atoms with van der Waals surface area (Å²) in [7, 11) is 1.56. The van der Waals surface area contributed by atoms with Crippen LogP contribution in [0.4, 0.5) is 5.69 Å². The van der Waals surface area contributed by atoms with Crippen molar-refractivity contribution in [1.29, 1.82) is 0 Å². The zero-order valence-electron chi connectivity index (χ0n) is 17.1. The monoisotopic (exact) mass is 420 g/mol. The number of amides is 2. The van der Waals surface area contributed by atoms with Gasteiger partial charge in [0.05, 0.1) is 7.11 Å². The van der Waals surface area contributed by atoms with Gasteiger partial charge in [-0.1, -0.05) is 32.0 Å².